The van der Waals surface area contributed by atoms with Crippen LogP contribution in [-0.2, 0) is 4.74 Å². The number of aromatic nitrogens is 4. The van der Waals surface area contributed by atoms with Gasteiger partial charge >= 0.3 is 5.97 Å². The van der Waals surface area contributed by atoms with E-state index in [9.17, 15) is 4.79 Å². The molecule has 3 aromatic heterocycles. The molecule has 0 N–H and O–H groups in total. The molecule has 0 unspecified atom stereocenters. The molecular weight excluding hydrogens is 522 g/mol. The number of ether oxygens (including phenoxy) is 2. The molecule has 0 aliphatic carbocycles. The second kappa shape index (κ2) is 9.79. The zero-order valence-corrected chi connectivity index (χ0v) is 21.4. The van der Waals surface area contributed by atoms with Crippen molar-refractivity contribution in [3.63, 3.8) is 0 Å². The number of carbonyl (C=O) groups is 1. The van der Waals surface area contributed by atoms with Crippen molar-refractivity contribution in [2.45, 2.75) is 0 Å². The van der Waals surface area contributed by atoms with Gasteiger partial charge in [0.2, 0.25) is 5.88 Å². The van der Waals surface area contributed by atoms with Crippen molar-refractivity contribution >= 4 is 33.4 Å². The fraction of sp³-hybridized carbons (Fsp3) is 0.111. The third-order valence-electron chi connectivity index (χ3n) is 5.59. The average molecular weight is 544 g/mol. The second-order valence-corrected chi connectivity index (χ2v) is 8.95. The van der Waals surface area contributed by atoms with E-state index in [1.165, 1.54) is 7.11 Å². The van der Waals surface area contributed by atoms with Gasteiger partial charge in [-0.1, -0.05) is 36.4 Å². The number of methoxy groups -OCH3 is 1. The highest BCUT2D eigenvalue weighted by Gasteiger charge is 2.21. The third-order valence-corrected chi connectivity index (χ3v) is 6.29. The van der Waals surface area contributed by atoms with Crippen molar-refractivity contribution in [3.05, 3.63) is 89.2 Å². The minimum absolute atomic E-state index is 0.368. The molecule has 0 aliphatic rings. The Hall–Kier alpha value is -4.24. The number of nitrogens with zero attached hydrogens (tertiary/aromatic N) is 5. The van der Waals surface area contributed by atoms with Crippen LogP contribution in [0.3, 0.4) is 0 Å². The summed E-state index contributed by atoms with van der Waals surface area (Å²) >= 11 is 3.63. The molecule has 36 heavy (non-hydrogen) atoms. The molecule has 180 valence electrons. The number of anilines is 1. The van der Waals surface area contributed by atoms with Gasteiger partial charge in [-0.05, 0) is 46.3 Å². The molecule has 0 aliphatic heterocycles. The first-order chi connectivity index (χ1) is 17.5. The summed E-state index contributed by atoms with van der Waals surface area (Å²) in [5, 5.41) is 4.59. The number of pyridine rings is 1. The van der Waals surface area contributed by atoms with Gasteiger partial charge < -0.3 is 14.4 Å². The molecule has 3 heterocycles. The monoisotopic (exact) mass is 543 g/mol. The summed E-state index contributed by atoms with van der Waals surface area (Å²) < 4.78 is 13.3. The molecule has 0 saturated heterocycles. The van der Waals surface area contributed by atoms with E-state index in [4.69, 9.17) is 14.5 Å². The number of hydrogen-bond donors (Lipinski definition) is 0. The van der Waals surface area contributed by atoms with Crippen LogP contribution in [-0.4, -0.2) is 46.8 Å². The van der Waals surface area contributed by atoms with Crippen molar-refractivity contribution in [3.8, 4) is 34.0 Å². The molecule has 8 nitrogen and oxygen atoms in total. The predicted molar refractivity (Wildman–Crippen MR) is 142 cm³/mol. The standard InChI is InChI=1S/C27H22BrN5O3/c1-32(2)26-23(28)25(36-20-12-9-18(10-13-20)27(34)35-3)31-24-21(16-30-33(24)26)19-11-14-22(29-15-19)17-7-5-4-6-8-17/h4-16H,1-3H3. The lowest BCUT2D eigenvalue weighted by molar-refractivity contribution is 0.0600. The first kappa shape index (κ1) is 23.5. The normalized spacial score (nSPS) is 10.9. The third kappa shape index (κ3) is 4.40. The average Bonchev–Trinajstić information content (AvgIpc) is 3.32. The van der Waals surface area contributed by atoms with Gasteiger partial charge in [0.05, 0.1) is 24.6 Å². The lowest BCUT2D eigenvalue weighted by Crippen LogP contribution is -2.15. The Bertz CT molecular complexity index is 1530. The first-order valence-corrected chi connectivity index (χ1v) is 11.9. The summed E-state index contributed by atoms with van der Waals surface area (Å²) in [6.45, 7) is 0. The van der Waals surface area contributed by atoms with Gasteiger partial charge in [-0.2, -0.15) is 14.6 Å². The highest BCUT2D eigenvalue weighted by atomic mass is 79.9. The van der Waals surface area contributed by atoms with Crippen molar-refractivity contribution in [2.75, 3.05) is 26.1 Å². The molecule has 5 aromatic rings. The Morgan fingerprint density at radius 1 is 0.944 bits per heavy atom. The molecular formula is C27H22BrN5O3. The van der Waals surface area contributed by atoms with E-state index >= 15 is 0 Å². The smallest absolute Gasteiger partial charge is 0.337 e. The van der Waals surface area contributed by atoms with E-state index in [-0.39, 0.29) is 0 Å². The number of benzene rings is 2. The predicted octanol–water partition coefficient (Wildman–Crippen LogP) is 5.87. The van der Waals surface area contributed by atoms with Gasteiger partial charge in [0.1, 0.15) is 10.2 Å². The van der Waals surface area contributed by atoms with E-state index in [2.05, 4.69) is 26.0 Å². The highest BCUT2D eigenvalue weighted by molar-refractivity contribution is 9.10. The number of esters is 1. The van der Waals surface area contributed by atoms with Gasteiger partial charge in [0.25, 0.3) is 0 Å². The molecule has 0 saturated carbocycles. The quantitative estimate of drug-likeness (QED) is 0.248. The van der Waals surface area contributed by atoms with E-state index in [0.29, 0.717) is 27.3 Å². The lowest BCUT2D eigenvalue weighted by Gasteiger charge is -2.18. The fourth-order valence-corrected chi connectivity index (χ4v) is 4.51. The molecule has 0 fully saturated rings. The van der Waals surface area contributed by atoms with Crippen molar-refractivity contribution < 1.29 is 14.3 Å². The van der Waals surface area contributed by atoms with Crippen LogP contribution in [0.25, 0.3) is 28.0 Å². The van der Waals surface area contributed by atoms with Crippen LogP contribution in [0, 0.1) is 0 Å². The van der Waals surface area contributed by atoms with Crippen LogP contribution in [0.15, 0.2) is 83.6 Å². The van der Waals surface area contributed by atoms with Crippen molar-refractivity contribution in [1.82, 2.24) is 19.6 Å². The molecule has 5 rings (SSSR count). The summed E-state index contributed by atoms with van der Waals surface area (Å²) in [6.07, 6.45) is 3.60. The topological polar surface area (TPSA) is 81.8 Å². The van der Waals surface area contributed by atoms with Crippen LogP contribution in [0.2, 0.25) is 0 Å². The maximum absolute atomic E-state index is 11.7. The number of fused-ring (bicyclic) bond motifs is 1. The SMILES string of the molecule is COC(=O)c1ccc(Oc2nc3c(-c4ccc(-c5ccccc5)nc4)cnn3c(N(C)C)c2Br)cc1. The van der Waals surface area contributed by atoms with Crippen LogP contribution >= 0.6 is 15.9 Å². The molecule has 0 radical (unpaired) electrons. The van der Waals surface area contributed by atoms with E-state index in [0.717, 1.165) is 28.2 Å². The summed E-state index contributed by atoms with van der Waals surface area (Å²) in [7, 11) is 5.19. The molecule has 0 amide bonds. The van der Waals surface area contributed by atoms with Gasteiger partial charge in [-0.25, -0.2) is 4.79 Å². The fourth-order valence-electron chi connectivity index (χ4n) is 3.82. The summed E-state index contributed by atoms with van der Waals surface area (Å²) in [5.41, 5.74) is 4.71. The van der Waals surface area contributed by atoms with Crippen LogP contribution in [0.1, 0.15) is 10.4 Å². The zero-order valence-electron chi connectivity index (χ0n) is 19.8. The lowest BCUT2D eigenvalue weighted by atomic mass is 10.1. The highest BCUT2D eigenvalue weighted by Crippen LogP contribution is 2.38. The number of rotatable bonds is 6. The van der Waals surface area contributed by atoms with E-state index in [1.54, 1.807) is 35.0 Å². The minimum atomic E-state index is -0.409. The Kier molecular flexibility index (Phi) is 6.39. The van der Waals surface area contributed by atoms with Crippen LogP contribution in [0.4, 0.5) is 5.82 Å². The number of halogens is 1. The van der Waals surface area contributed by atoms with Crippen molar-refractivity contribution in [1.29, 1.82) is 0 Å². The van der Waals surface area contributed by atoms with Crippen LogP contribution in [0.5, 0.6) is 11.6 Å². The van der Waals surface area contributed by atoms with Crippen LogP contribution < -0.4 is 9.64 Å². The van der Waals surface area contributed by atoms with Gasteiger partial charge in [-0.15, -0.1) is 0 Å². The number of hydrogen-bond acceptors (Lipinski definition) is 7. The summed E-state index contributed by atoms with van der Waals surface area (Å²) in [6, 6.07) is 20.7. The number of carbonyl (C=O) groups excluding carboxylic acids is 1. The molecule has 0 spiro atoms. The van der Waals surface area contributed by atoms with Gasteiger partial charge in [0, 0.05) is 37.0 Å². The zero-order chi connectivity index (χ0) is 25.2. The molecule has 9 heteroatoms. The van der Waals surface area contributed by atoms with Gasteiger partial charge in [0.15, 0.2) is 11.5 Å². The molecule has 0 bridgehead atoms. The van der Waals surface area contributed by atoms with E-state index in [1.807, 2.05) is 67.7 Å². The minimum Gasteiger partial charge on any atom is -0.465 e. The Morgan fingerprint density at radius 3 is 2.33 bits per heavy atom. The maximum atomic E-state index is 11.7. The summed E-state index contributed by atoms with van der Waals surface area (Å²) in [5.74, 6) is 1.25. The second-order valence-electron chi connectivity index (χ2n) is 8.16. The maximum Gasteiger partial charge on any atom is 0.337 e. The first-order valence-electron chi connectivity index (χ1n) is 11.1. The Morgan fingerprint density at radius 2 is 1.69 bits per heavy atom. The summed E-state index contributed by atoms with van der Waals surface area (Å²) in [4.78, 5) is 23.1. The molecule has 2 aromatic carbocycles. The van der Waals surface area contributed by atoms with E-state index < -0.39 is 5.97 Å². The Labute approximate surface area is 216 Å². The Balaban J connectivity index is 1.55. The largest absolute Gasteiger partial charge is 0.465 e. The van der Waals surface area contributed by atoms with Gasteiger partial charge in [-0.3, -0.25) is 4.98 Å². The van der Waals surface area contributed by atoms with Crippen molar-refractivity contribution in [2.24, 2.45) is 0 Å². The molecule has 0 atom stereocenters.